The summed E-state index contributed by atoms with van der Waals surface area (Å²) in [5.74, 6) is -0.137. The van der Waals surface area contributed by atoms with E-state index in [-0.39, 0.29) is 18.1 Å². The van der Waals surface area contributed by atoms with Crippen LogP contribution in [0.1, 0.15) is 38.2 Å². The molecule has 2 N–H and O–H groups in total. The van der Waals surface area contributed by atoms with Gasteiger partial charge in [0.2, 0.25) is 5.91 Å². The van der Waals surface area contributed by atoms with Crippen LogP contribution in [0.5, 0.6) is 0 Å². The number of nitrogens with one attached hydrogen (secondary N) is 2. The molecule has 1 aromatic carbocycles. The van der Waals surface area contributed by atoms with Crippen LogP contribution in [-0.4, -0.2) is 27.5 Å². The minimum absolute atomic E-state index is 0.0876. The van der Waals surface area contributed by atoms with Gasteiger partial charge >= 0.3 is 6.03 Å². The summed E-state index contributed by atoms with van der Waals surface area (Å²) >= 11 is 0. The van der Waals surface area contributed by atoms with E-state index in [1.165, 1.54) is 17.3 Å². The van der Waals surface area contributed by atoms with Crippen molar-refractivity contribution in [2.24, 2.45) is 5.92 Å². The van der Waals surface area contributed by atoms with Gasteiger partial charge in [0.25, 0.3) is 5.56 Å². The lowest BCUT2D eigenvalue weighted by Crippen LogP contribution is -2.48. The molecule has 1 saturated carbocycles. The van der Waals surface area contributed by atoms with Gasteiger partial charge in [-0.15, -0.1) is 0 Å². The Morgan fingerprint density at radius 2 is 2.04 bits per heavy atom. The SMILES string of the molecule is Cc1ccc2ncn(CC(=O)NC(=O)N[C@H]3CCCC[C@H]3C)c(=O)c2c1. The molecule has 1 aromatic heterocycles. The lowest BCUT2D eigenvalue weighted by atomic mass is 9.86. The standard InChI is InChI=1S/C19H24N4O3/c1-12-7-8-16-14(9-12)18(25)23(11-20-16)10-17(24)22-19(26)21-15-6-4-3-5-13(15)2/h7-9,11,13,15H,3-6,10H2,1-2H3,(H2,21,22,24,26)/t13-,15+/m1/s1. The Morgan fingerprint density at radius 3 is 2.81 bits per heavy atom. The number of rotatable bonds is 3. The first-order valence-electron chi connectivity index (χ1n) is 9.00. The molecule has 3 amide bonds. The molecular formula is C19H24N4O3. The zero-order chi connectivity index (χ0) is 18.7. The van der Waals surface area contributed by atoms with E-state index in [0.29, 0.717) is 16.8 Å². The van der Waals surface area contributed by atoms with Gasteiger partial charge in [0, 0.05) is 6.04 Å². The second kappa shape index (κ2) is 7.68. The van der Waals surface area contributed by atoms with Gasteiger partial charge in [-0.2, -0.15) is 0 Å². The molecule has 1 aliphatic carbocycles. The zero-order valence-electron chi connectivity index (χ0n) is 15.1. The average Bonchev–Trinajstić information content (AvgIpc) is 2.60. The van der Waals surface area contributed by atoms with Crippen LogP contribution in [-0.2, 0) is 11.3 Å². The predicted octanol–water partition coefficient (Wildman–Crippen LogP) is 2.11. The topological polar surface area (TPSA) is 93.1 Å². The van der Waals surface area contributed by atoms with E-state index in [0.717, 1.165) is 24.8 Å². The summed E-state index contributed by atoms with van der Waals surface area (Å²) in [6.07, 6.45) is 5.60. The number of hydrogen-bond acceptors (Lipinski definition) is 4. The highest BCUT2D eigenvalue weighted by Crippen LogP contribution is 2.23. The van der Waals surface area contributed by atoms with Gasteiger partial charge in [0.05, 0.1) is 17.2 Å². The van der Waals surface area contributed by atoms with Gasteiger partial charge in [-0.1, -0.05) is 31.4 Å². The summed E-state index contributed by atoms with van der Waals surface area (Å²) < 4.78 is 1.22. The Morgan fingerprint density at radius 1 is 1.27 bits per heavy atom. The zero-order valence-corrected chi connectivity index (χ0v) is 15.1. The van der Waals surface area contributed by atoms with Crippen LogP contribution in [0.2, 0.25) is 0 Å². The number of aryl methyl sites for hydroxylation is 1. The van der Waals surface area contributed by atoms with Gasteiger partial charge in [-0.25, -0.2) is 9.78 Å². The lowest BCUT2D eigenvalue weighted by molar-refractivity contribution is -0.120. The van der Waals surface area contributed by atoms with Crippen molar-refractivity contribution in [3.8, 4) is 0 Å². The van der Waals surface area contributed by atoms with Crippen LogP contribution in [0.25, 0.3) is 10.9 Å². The molecule has 26 heavy (non-hydrogen) atoms. The van der Waals surface area contributed by atoms with Crippen molar-refractivity contribution in [2.75, 3.05) is 0 Å². The molecule has 138 valence electrons. The van der Waals surface area contributed by atoms with Crippen molar-refractivity contribution in [1.29, 1.82) is 0 Å². The molecule has 0 aliphatic heterocycles. The second-order valence-corrected chi connectivity index (χ2v) is 7.09. The maximum atomic E-state index is 12.5. The van der Waals surface area contributed by atoms with Gasteiger partial charge in [-0.05, 0) is 37.8 Å². The molecule has 0 radical (unpaired) electrons. The lowest BCUT2D eigenvalue weighted by Gasteiger charge is -2.29. The Kier molecular flexibility index (Phi) is 5.35. The minimum Gasteiger partial charge on any atom is -0.335 e. The number of carbonyl (C=O) groups excluding carboxylic acids is 2. The first-order chi connectivity index (χ1) is 12.4. The van der Waals surface area contributed by atoms with Gasteiger partial charge < -0.3 is 5.32 Å². The number of benzene rings is 1. The molecule has 1 heterocycles. The fourth-order valence-corrected chi connectivity index (χ4v) is 3.44. The summed E-state index contributed by atoms with van der Waals surface area (Å²) in [5, 5.41) is 5.63. The molecule has 0 unspecified atom stereocenters. The van der Waals surface area contributed by atoms with Crippen LogP contribution in [0, 0.1) is 12.8 Å². The summed E-state index contributed by atoms with van der Waals surface area (Å²) in [4.78, 5) is 40.9. The third-order valence-corrected chi connectivity index (χ3v) is 4.97. The van der Waals surface area contributed by atoms with Crippen LogP contribution in [0.4, 0.5) is 4.79 Å². The van der Waals surface area contributed by atoms with Crippen molar-refractivity contribution in [2.45, 2.75) is 52.1 Å². The van der Waals surface area contributed by atoms with Crippen molar-refractivity contribution in [3.63, 3.8) is 0 Å². The Bertz CT molecular complexity index is 890. The molecule has 1 aliphatic rings. The third-order valence-electron chi connectivity index (χ3n) is 4.97. The van der Waals surface area contributed by atoms with Crippen molar-refractivity contribution in [3.05, 3.63) is 40.4 Å². The first kappa shape index (κ1) is 18.1. The van der Waals surface area contributed by atoms with Crippen LogP contribution >= 0.6 is 0 Å². The summed E-state index contributed by atoms with van der Waals surface area (Å²) in [6, 6.07) is 4.98. The highest BCUT2D eigenvalue weighted by Gasteiger charge is 2.23. The molecular weight excluding hydrogens is 332 g/mol. The van der Waals surface area contributed by atoms with E-state index in [9.17, 15) is 14.4 Å². The number of imide groups is 1. The normalized spacial score (nSPS) is 19.9. The molecule has 7 heteroatoms. The van der Waals surface area contributed by atoms with Crippen molar-refractivity contribution in [1.82, 2.24) is 20.2 Å². The predicted molar refractivity (Wildman–Crippen MR) is 98.8 cm³/mol. The van der Waals surface area contributed by atoms with E-state index in [1.807, 2.05) is 13.0 Å². The number of carbonyl (C=O) groups is 2. The summed E-state index contributed by atoms with van der Waals surface area (Å²) in [7, 11) is 0. The Labute approximate surface area is 151 Å². The van der Waals surface area contributed by atoms with Crippen molar-refractivity contribution < 1.29 is 9.59 Å². The first-order valence-corrected chi connectivity index (χ1v) is 9.00. The molecule has 0 saturated heterocycles. The third kappa shape index (κ3) is 4.09. The quantitative estimate of drug-likeness (QED) is 0.881. The van der Waals surface area contributed by atoms with E-state index in [4.69, 9.17) is 0 Å². The number of amides is 3. The van der Waals surface area contributed by atoms with E-state index < -0.39 is 11.9 Å². The molecule has 0 spiro atoms. The summed E-state index contributed by atoms with van der Waals surface area (Å²) in [5.41, 5.74) is 1.23. The number of aromatic nitrogens is 2. The van der Waals surface area contributed by atoms with E-state index >= 15 is 0 Å². The monoisotopic (exact) mass is 356 g/mol. The Hall–Kier alpha value is -2.70. The fourth-order valence-electron chi connectivity index (χ4n) is 3.44. The largest absolute Gasteiger partial charge is 0.335 e. The maximum Gasteiger partial charge on any atom is 0.321 e. The maximum absolute atomic E-state index is 12.5. The van der Waals surface area contributed by atoms with Gasteiger partial charge in [0.15, 0.2) is 0 Å². The fraction of sp³-hybridized carbons (Fsp3) is 0.474. The molecule has 7 nitrogen and oxygen atoms in total. The van der Waals surface area contributed by atoms with E-state index in [1.54, 1.807) is 12.1 Å². The molecule has 2 aromatic rings. The highest BCUT2D eigenvalue weighted by molar-refractivity contribution is 5.94. The van der Waals surface area contributed by atoms with E-state index in [2.05, 4.69) is 22.5 Å². The minimum atomic E-state index is -0.540. The second-order valence-electron chi connectivity index (χ2n) is 7.09. The molecule has 2 atom stereocenters. The van der Waals surface area contributed by atoms with Crippen molar-refractivity contribution >= 4 is 22.8 Å². The van der Waals surface area contributed by atoms with Crippen LogP contribution < -0.4 is 16.2 Å². The van der Waals surface area contributed by atoms with Crippen LogP contribution in [0.3, 0.4) is 0 Å². The number of nitrogens with zero attached hydrogens (tertiary/aromatic N) is 2. The highest BCUT2D eigenvalue weighted by atomic mass is 16.2. The average molecular weight is 356 g/mol. The van der Waals surface area contributed by atoms with Crippen LogP contribution in [0.15, 0.2) is 29.3 Å². The number of fused-ring (bicyclic) bond motifs is 1. The summed E-state index contributed by atoms with van der Waals surface area (Å²) in [6.45, 7) is 3.75. The Balaban J connectivity index is 1.64. The molecule has 3 rings (SSSR count). The van der Waals surface area contributed by atoms with Gasteiger partial charge in [0.1, 0.15) is 6.54 Å². The molecule has 0 bridgehead atoms. The molecule has 1 fully saturated rings. The smallest absolute Gasteiger partial charge is 0.321 e. The number of urea groups is 1. The number of hydrogen-bond donors (Lipinski definition) is 2. The van der Waals surface area contributed by atoms with Gasteiger partial charge in [-0.3, -0.25) is 19.5 Å².